The van der Waals surface area contributed by atoms with Crippen molar-refractivity contribution in [3.8, 4) is 0 Å². The molecule has 2 rings (SSSR count). The lowest BCUT2D eigenvalue weighted by Gasteiger charge is -2.08. The minimum absolute atomic E-state index is 0.0466. The average molecular weight is 240 g/mol. The Hall–Kier alpha value is -1.04. The van der Waals surface area contributed by atoms with E-state index >= 15 is 0 Å². The van der Waals surface area contributed by atoms with Crippen LogP contribution < -0.4 is 5.32 Å². The Morgan fingerprint density at radius 2 is 2.44 bits per heavy atom. The quantitative estimate of drug-likeness (QED) is 0.786. The van der Waals surface area contributed by atoms with Gasteiger partial charge in [0.25, 0.3) is 0 Å². The van der Waals surface area contributed by atoms with Crippen molar-refractivity contribution in [2.75, 3.05) is 5.75 Å². The highest BCUT2D eigenvalue weighted by atomic mass is 32.2. The molecule has 0 aromatic carbocycles. The van der Waals surface area contributed by atoms with Crippen LogP contribution in [0, 0.1) is 0 Å². The number of nitrogens with one attached hydrogen (secondary N) is 1. The average Bonchev–Trinajstić information content (AvgIpc) is 2.94. The SMILES string of the molecule is CC(C)NC(=O)CSc1nncn1C1CC1. The zero-order valence-electron chi connectivity index (χ0n) is 9.51. The van der Waals surface area contributed by atoms with Crippen LogP contribution in [0.2, 0.25) is 0 Å². The fourth-order valence-corrected chi connectivity index (χ4v) is 2.23. The molecular weight excluding hydrogens is 224 g/mol. The zero-order chi connectivity index (χ0) is 11.5. The van der Waals surface area contributed by atoms with Crippen LogP contribution in [-0.2, 0) is 4.79 Å². The number of carbonyl (C=O) groups excluding carboxylic acids is 1. The molecule has 1 aromatic heterocycles. The number of carbonyl (C=O) groups is 1. The van der Waals surface area contributed by atoms with E-state index < -0.39 is 0 Å². The van der Waals surface area contributed by atoms with Crippen LogP contribution in [-0.4, -0.2) is 32.5 Å². The van der Waals surface area contributed by atoms with Gasteiger partial charge in [0.2, 0.25) is 5.91 Å². The first-order valence-corrected chi connectivity index (χ1v) is 6.47. The predicted octanol–water partition coefficient (Wildman–Crippen LogP) is 1.23. The Bertz CT molecular complexity index is 373. The van der Waals surface area contributed by atoms with Crippen LogP contribution in [0.3, 0.4) is 0 Å². The lowest BCUT2D eigenvalue weighted by molar-refractivity contribution is -0.119. The van der Waals surface area contributed by atoms with Gasteiger partial charge in [0.15, 0.2) is 5.16 Å². The second-order valence-electron chi connectivity index (χ2n) is 4.26. The van der Waals surface area contributed by atoms with Gasteiger partial charge in [-0.2, -0.15) is 0 Å². The zero-order valence-corrected chi connectivity index (χ0v) is 10.3. The summed E-state index contributed by atoms with van der Waals surface area (Å²) < 4.78 is 2.06. The van der Waals surface area contributed by atoms with E-state index in [2.05, 4.69) is 20.1 Å². The monoisotopic (exact) mass is 240 g/mol. The number of rotatable bonds is 5. The molecule has 0 bridgehead atoms. The van der Waals surface area contributed by atoms with Gasteiger partial charge in [-0.15, -0.1) is 10.2 Å². The highest BCUT2D eigenvalue weighted by Gasteiger charge is 2.26. The molecule has 1 saturated carbocycles. The van der Waals surface area contributed by atoms with Crippen molar-refractivity contribution in [2.24, 2.45) is 0 Å². The second kappa shape index (κ2) is 4.86. The molecule has 0 saturated heterocycles. The Labute approximate surface area is 99.0 Å². The number of thioether (sulfide) groups is 1. The first kappa shape index (κ1) is 11.4. The second-order valence-corrected chi connectivity index (χ2v) is 5.21. The van der Waals surface area contributed by atoms with E-state index in [1.807, 2.05) is 13.8 Å². The number of hydrogen-bond donors (Lipinski definition) is 1. The van der Waals surface area contributed by atoms with Crippen LogP contribution in [0.15, 0.2) is 11.5 Å². The lowest BCUT2D eigenvalue weighted by atomic mass is 10.4. The summed E-state index contributed by atoms with van der Waals surface area (Å²) in [5, 5.41) is 11.6. The van der Waals surface area contributed by atoms with Gasteiger partial charge in [-0.3, -0.25) is 4.79 Å². The Morgan fingerprint density at radius 3 is 3.06 bits per heavy atom. The molecule has 0 spiro atoms. The van der Waals surface area contributed by atoms with Crippen LogP contribution in [0.25, 0.3) is 0 Å². The maximum absolute atomic E-state index is 11.5. The topological polar surface area (TPSA) is 59.8 Å². The van der Waals surface area contributed by atoms with Crippen LogP contribution >= 0.6 is 11.8 Å². The molecule has 88 valence electrons. The fraction of sp³-hybridized carbons (Fsp3) is 0.700. The molecule has 1 N–H and O–H groups in total. The molecule has 5 nitrogen and oxygen atoms in total. The first-order chi connectivity index (χ1) is 7.66. The highest BCUT2D eigenvalue weighted by Crippen LogP contribution is 2.37. The van der Waals surface area contributed by atoms with Crippen LogP contribution in [0.4, 0.5) is 0 Å². The Morgan fingerprint density at radius 1 is 1.69 bits per heavy atom. The summed E-state index contributed by atoms with van der Waals surface area (Å²) in [4.78, 5) is 11.5. The molecule has 0 unspecified atom stereocenters. The van der Waals surface area contributed by atoms with Gasteiger partial charge in [0.05, 0.1) is 5.75 Å². The normalized spacial score (nSPS) is 15.4. The van der Waals surface area contributed by atoms with Crippen LogP contribution in [0.1, 0.15) is 32.7 Å². The Balaban J connectivity index is 1.84. The summed E-state index contributed by atoms with van der Waals surface area (Å²) in [6.07, 6.45) is 4.15. The van der Waals surface area contributed by atoms with E-state index in [-0.39, 0.29) is 11.9 Å². The Kier molecular flexibility index (Phi) is 3.48. The van der Waals surface area contributed by atoms with E-state index in [0.717, 1.165) is 5.16 Å². The molecule has 1 amide bonds. The van der Waals surface area contributed by atoms with Crippen molar-refractivity contribution >= 4 is 17.7 Å². The van der Waals surface area contributed by atoms with E-state index in [0.29, 0.717) is 11.8 Å². The summed E-state index contributed by atoms with van der Waals surface area (Å²) in [5.41, 5.74) is 0. The maximum Gasteiger partial charge on any atom is 0.230 e. The molecule has 1 aliphatic carbocycles. The van der Waals surface area contributed by atoms with Gasteiger partial charge in [0.1, 0.15) is 6.33 Å². The van der Waals surface area contributed by atoms with Gasteiger partial charge >= 0.3 is 0 Å². The third-order valence-electron chi connectivity index (χ3n) is 2.26. The van der Waals surface area contributed by atoms with Crippen molar-refractivity contribution in [3.05, 3.63) is 6.33 Å². The molecule has 1 heterocycles. The lowest BCUT2D eigenvalue weighted by Crippen LogP contribution is -2.31. The smallest absolute Gasteiger partial charge is 0.230 e. The maximum atomic E-state index is 11.5. The minimum atomic E-state index is 0.0466. The van der Waals surface area contributed by atoms with E-state index in [4.69, 9.17) is 0 Å². The molecule has 6 heteroatoms. The molecule has 0 radical (unpaired) electrons. The van der Waals surface area contributed by atoms with Gasteiger partial charge in [-0.25, -0.2) is 0 Å². The number of aromatic nitrogens is 3. The minimum Gasteiger partial charge on any atom is -0.353 e. The third kappa shape index (κ3) is 2.98. The van der Waals surface area contributed by atoms with E-state index in [1.165, 1.54) is 24.6 Å². The number of amides is 1. The molecule has 1 fully saturated rings. The molecule has 0 atom stereocenters. The van der Waals surface area contributed by atoms with Gasteiger partial charge in [0, 0.05) is 12.1 Å². The summed E-state index contributed by atoms with van der Waals surface area (Å²) in [5.74, 6) is 0.453. The summed E-state index contributed by atoms with van der Waals surface area (Å²) >= 11 is 1.45. The predicted molar refractivity (Wildman–Crippen MR) is 62.3 cm³/mol. The molecule has 16 heavy (non-hydrogen) atoms. The largest absolute Gasteiger partial charge is 0.353 e. The first-order valence-electron chi connectivity index (χ1n) is 5.48. The van der Waals surface area contributed by atoms with Crippen molar-refractivity contribution < 1.29 is 4.79 Å². The van der Waals surface area contributed by atoms with E-state index in [9.17, 15) is 4.79 Å². The van der Waals surface area contributed by atoms with Gasteiger partial charge in [-0.1, -0.05) is 11.8 Å². The standard InChI is InChI=1S/C10H16N4OS/c1-7(2)12-9(15)5-16-10-13-11-6-14(10)8-3-4-8/h6-8H,3-5H2,1-2H3,(H,12,15). The van der Waals surface area contributed by atoms with E-state index in [1.54, 1.807) is 6.33 Å². The summed E-state index contributed by atoms with van der Waals surface area (Å²) in [7, 11) is 0. The number of hydrogen-bond acceptors (Lipinski definition) is 4. The molecule has 1 aliphatic rings. The molecular formula is C10H16N4OS. The van der Waals surface area contributed by atoms with Crippen molar-refractivity contribution in [2.45, 2.75) is 43.9 Å². The van der Waals surface area contributed by atoms with Gasteiger partial charge < -0.3 is 9.88 Å². The van der Waals surface area contributed by atoms with Crippen LogP contribution in [0.5, 0.6) is 0 Å². The number of nitrogens with zero attached hydrogens (tertiary/aromatic N) is 3. The highest BCUT2D eigenvalue weighted by molar-refractivity contribution is 7.99. The molecule has 0 aliphatic heterocycles. The van der Waals surface area contributed by atoms with Crippen molar-refractivity contribution in [1.29, 1.82) is 0 Å². The van der Waals surface area contributed by atoms with Crippen molar-refractivity contribution in [3.63, 3.8) is 0 Å². The van der Waals surface area contributed by atoms with Gasteiger partial charge in [-0.05, 0) is 26.7 Å². The van der Waals surface area contributed by atoms with Crippen molar-refractivity contribution in [1.82, 2.24) is 20.1 Å². The molecule has 1 aromatic rings. The fourth-order valence-electron chi connectivity index (χ4n) is 1.43. The third-order valence-corrected chi connectivity index (χ3v) is 3.22. The summed E-state index contributed by atoms with van der Waals surface area (Å²) in [6, 6.07) is 0.750. The summed E-state index contributed by atoms with van der Waals surface area (Å²) in [6.45, 7) is 3.91.